The summed E-state index contributed by atoms with van der Waals surface area (Å²) in [4.78, 5) is 37.1. The maximum atomic E-state index is 12.8. The van der Waals surface area contributed by atoms with Gasteiger partial charge in [0.25, 0.3) is 0 Å². The number of nitrogens with zero attached hydrogens (tertiary/aromatic N) is 1. The minimum absolute atomic E-state index is 0.0322. The molecule has 0 N–H and O–H groups in total. The zero-order valence-corrected chi connectivity index (χ0v) is 43.6. The standard InChI is InChI=1S/C58H103NO7/c1-6-8-10-12-14-16-18-20-22-24-26-27-28-29-31-32-34-36-38-40-42-44-46-48-56(60)65-53-54(52-64-51-50-55(58(62)63)59(3,4)5)66-57(61)49-47-45-43-41-39-37-35-33-30-25-23-21-19-17-15-13-11-9-7-2/h9,11,15,17,21,23,29-31,33,54-55H,6-8,10,12-14,16,18-20,22,24-28,32,34-53H2,1-5H3/b11-9+,17-15+,23-21+,31-29+,33-30+. The number of rotatable bonds is 49. The number of carbonyl (C=O) groups excluding carboxylic acids is 3. The van der Waals surface area contributed by atoms with Gasteiger partial charge in [0.15, 0.2) is 6.10 Å². The van der Waals surface area contributed by atoms with Gasteiger partial charge in [-0.05, 0) is 77.0 Å². The Morgan fingerprint density at radius 1 is 0.470 bits per heavy atom. The predicted molar refractivity (Wildman–Crippen MR) is 277 cm³/mol. The Balaban J connectivity index is 4.22. The van der Waals surface area contributed by atoms with Gasteiger partial charge in [-0.2, -0.15) is 0 Å². The number of carbonyl (C=O) groups is 3. The van der Waals surface area contributed by atoms with Crippen LogP contribution >= 0.6 is 0 Å². The number of hydrogen-bond acceptors (Lipinski definition) is 7. The van der Waals surface area contributed by atoms with Crippen molar-refractivity contribution in [1.82, 2.24) is 0 Å². The van der Waals surface area contributed by atoms with Crippen LogP contribution in [-0.4, -0.2) is 75.5 Å². The molecule has 0 aliphatic carbocycles. The monoisotopic (exact) mass is 926 g/mol. The number of carboxylic acid groups (broad SMARTS) is 1. The Kier molecular flexibility index (Phi) is 46.3. The van der Waals surface area contributed by atoms with Crippen LogP contribution < -0.4 is 5.11 Å². The van der Waals surface area contributed by atoms with Gasteiger partial charge in [-0.3, -0.25) is 9.59 Å². The number of aliphatic carboxylic acids is 1. The molecule has 0 amide bonds. The Morgan fingerprint density at radius 3 is 1.27 bits per heavy atom. The van der Waals surface area contributed by atoms with E-state index in [1.54, 1.807) is 21.1 Å². The van der Waals surface area contributed by atoms with Crippen molar-refractivity contribution in [3.8, 4) is 0 Å². The van der Waals surface area contributed by atoms with Gasteiger partial charge in [0, 0.05) is 19.3 Å². The molecule has 0 aromatic heterocycles. The topological polar surface area (TPSA) is 102 Å². The summed E-state index contributed by atoms with van der Waals surface area (Å²) in [7, 11) is 5.41. The first-order valence-corrected chi connectivity index (χ1v) is 27.3. The number of ether oxygens (including phenoxy) is 3. The maximum absolute atomic E-state index is 12.8. The van der Waals surface area contributed by atoms with Crippen molar-refractivity contribution in [2.24, 2.45) is 0 Å². The number of allylic oxidation sites excluding steroid dienone is 10. The fourth-order valence-corrected chi connectivity index (χ4v) is 7.94. The minimum Gasteiger partial charge on any atom is -0.544 e. The van der Waals surface area contributed by atoms with E-state index < -0.39 is 18.1 Å². The summed E-state index contributed by atoms with van der Waals surface area (Å²) in [6, 6.07) is -0.732. The van der Waals surface area contributed by atoms with Gasteiger partial charge in [-0.15, -0.1) is 0 Å². The van der Waals surface area contributed by atoms with Gasteiger partial charge < -0.3 is 28.6 Å². The average Bonchev–Trinajstić information content (AvgIpc) is 3.28. The third-order valence-corrected chi connectivity index (χ3v) is 12.1. The third kappa shape index (κ3) is 46.2. The molecular formula is C58H103NO7. The van der Waals surface area contributed by atoms with Crippen LogP contribution in [0.15, 0.2) is 60.8 Å². The van der Waals surface area contributed by atoms with Crippen molar-refractivity contribution in [2.75, 3.05) is 41.0 Å². The molecule has 0 aliphatic rings. The molecule has 2 unspecified atom stereocenters. The molecule has 0 saturated carbocycles. The van der Waals surface area contributed by atoms with Crippen LogP contribution in [0.5, 0.6) is 0 Å². The second kappa shape index (κ2) is 48.5. The molecule has 8 heteroatoms. The predicted octanol–water partition coefficient (Wildman–Crippen LogP) is 14.8. The second-order valence-electron chi connectivity index (χ2n) is 19.4. The highest BCUT2D eigenvalue weighted by Gasteiger charge is 2.25. The summed E-state index contributed by atoms with van der Waals surface area (Å²) in [5, 5.41) is 11.7. The molecule has 0 radical (unpaired) electrons. The van der Waals surface area contributed by atoms with Crippen molar-refractivity contribution < 1.29 is 38.2 Å². The largest absolute Gasteiger partial charge is 0.544 e. The molecule has 0 spiro atoms. The Labute approximate surface area is 407 Å². The molecule has 0 aromatic rings. The molecule has 0 aromatic carbocycles. The smallest absolute Gasteiger partial charge is 0.306 e. The molecule has 66 heavy (non-hydrogen) atoms. The van der Waals surface area contributed by atoms with E-state index in [1.165, 1.54) is 128 Å². The lowest BCUT2D eigenvalue weighted by molar-refractivity contribution is -0.889. The first-order valence-electron chi connectivity index (χ1n) is 27.3. The van der Waals surface area contributed by atoms with Crippen LogP contribution in [0.2, 0.25) is 0 Å². The zero-order valence-electron chi connectivity index (χ0n) is 43.6. The molecule has 0 saturated heterocycles. The van der Waals surface area contributed by atoms with Crippen molar-refractivity contribution >= 4 is 17.9 Å². The summed E-state index contributed by atoms with van der Waals surface area (Å²) in [5.41, 5.74) is 0. The molecule has 2 atom stereocenters. The lowest BCUT2D eigenvalue weighted by atomic mass is 10.0. The van der Waals surface area contributed by atoms with Gasteiger partial charge in [0.05, 0.1) is 40.3 Å². The summed E-state index contributed by atoms with van der Waals surface area (Å²) >= 11 is 0. The lowest BCUT2D eigenvalue weighted by Crippen LogP contribution is -2.55. The summed E-state index contributed by atoms with van der Waals surface area (Å²) < 4.78 is 17.3. The first-order chi connectivity index (χ1) is 32.1. The summed E-state index contributed by atoms with van der Waals surface area (Å²) in [5.74, 6) is -1.75. The van der Waals surface area contributed by atoms with E-state index in [1.807, 2.05) is 0 Å². The zero-order chi connectivity index (χ0) is 48.4. The molecule has 0 fully saturated rings. The molecule has 382 valence electrons. The Morgan fingerprint density at radius 2 is 0.848 bits per heavy atom. The van der Waals surface area contributed by atoms with E-state index in [9.17, 15) is 19.5 Å². The van der Waals surface area contributed by atoms with Gasteiger partial charge in [0.2, 0.25) is 0 Å². The number of unbranched alkanes of at least 4 members (excludes halogenated alkanes) is 25. The van der Waals surface area contributed by atoms with Crippen molar-refractivity contribution in [3.05, 3.63) is 60.8 Å². The van der Waals surface area contributed by atoms with Crippen LogP contribution in [0.1, 0.15) is 239 Å². The number of hydrogen-bond donors (Lipinski definition) is 0. The van der Waals surface area contributed by atoms with E-state index >= 15 is 0 Å². The number of likely N-dealkylation sites (N-methyl/N-ethyl adjacent to an activating group) is 1. The molecule has 0 rings (SSSR count). The number of carboxylic acids is 1. The van der Waals surface area contributed by atoms with Gasteiger partial charge >= 0.3 is 11.9 Å². The maximum Gasteiger partial charge on any atom is 0.306 e. The fraction of sp³-hybridized carbons (Fsp3) is 0.776. The quantitative estimate of drug-likeness (QED) is 0.0259. The van der Waals surface area contributed by atoms with Gasteiger partial charge in [-0.1, -0.05) is 203 Å². The van der Waals surface area contributed by atoms with E-state index in [2.05, 4.69) is 74.6 Å². The highest BCUT2D eigenvalue weighted by molar-refractivity contribution is 5.70. The minimum atomic E-state index is -1.13. The van der Waals surface area contributed by atoms with Crippen molar-refractivity contribution in [1.29, 1.82) is 0 Å². The van der Waals surface area contributed by atoms with E-state index in [0.29, 0.717) is 12.8 Å². The Bertz CT molecular complexity index is 1260. The third-order valence-electron chi connectivity index (χ3n) is 12.1. The summed E-state index contributed by atoms with van der Waals surface area (Å²) in [6.07, 6.45) is 61.2. The van der Waals surface area contributed by atoms with Crippen LogP contribution in [-0.2, 0) is 28.6 Å². The molecule has 0 bridgehead atoms. The molecule has 0 aliphatic heterocycles. The molecular weight excluding hydrogens is 823 g/mol. The summed E-state index contributed by atoms with van der Waals surface area (Å²) in [6.45, 7) is 4.56. The van der Waals surface area contributed by atoms with Crippen LogP contribution in [0.3, 0.4) is 0 Å². The van der Waals surface area contributed by atoms with E-state index in [0.717, 1.165) is 77.0 Å². The molecule has 8 nitrogen and oxygen atoms in total. The van der Waals surface area contributed by atoms with E-state index in [-0.39, 0.29) is 42.7 Å². The molecule has 0 heterocycles. The van der Waals surface area contributed by atoms with Crippen molar-refractivity contribution in [2.45, 2.75) is 251 Å². The number of quaternary nitrogens is 1. The van der Waals surface area contributed by atoms with Crippen LogP contribution in [0, 0.1) is 0 Å². The first kappa shape index (κ1) is 63.0. The van der Waals surface area contributed by atoms with Crippen LogP contribution in [0.25, 0.3) is 0 Å². The highest BCUT2D eigenvalue weighted by atomic mass is 16.6. The lowest BCUT2D eigenvalue weighted by Gasteiger charge is -2.34. The van der Waals surface area contributed by atoms with Crippen LogP contribution in [0.4, 0.5) is 0 Å². The average molecular weight is 926 g/mol. The highest BCUT2D eigenvalue weighted by Crippen LogP contribution is 2.15. The second-order valence-corrected chi connectivity index (χ2v) is 19.4. The fourth-order valence-electron chi connectivity index (χ4n) is 7.94. The number of esters is 2. The van der Waals surface area contributed by atoms with Gasteiger partial charge in [0.1, 0.15) is 12.6 Å². The SMILES string of the molecule is CC/C=C/C/C=C/C/C=C/C/C=C/CCCCCCCCC(=O)OC(COCCC(C(=O)[O-])[N+](C)(C)C)COC(=O)CCCCCCCCC/C=C/CCCCCCCCCCCCCC. The van der Waals surface area contributed by atoms with E-state index in [4.69, 9.17) is 14.2 Å². The Hall–Kier alpha value is -2.97. The van der Waals surface area contributed by atoms with Gasteiger partial charge in [-0.25, -0.2) is 0 Å². The van der Waals surface area contributed by atoms with Crippen molar-refractivity contribution in [3.63, 3.8) is 0 Å². The normalized spacial score (nSPS) is 13.3.